The maximum absolute atomic E-state index is 5.10. The maximum Gasteiger partial charge on any atom is 0.0785 e. The minimum absolute atomic E-state index is 0.342. The largest absolute Gasteiger partial charge is 0.292 e. The van der Waals surface area contributed by atoms with Crippen LogP contribution in [-0.2, 0) is 6.54 Å². The summed E-state index contributed by atoms with van der Waals surface area (Å²) in [6.07, 6.45) is 4.41. The van der Waals surface area contributed by atoms with Gasteiger partial charge in [-0.05, 0) is 54.5 Å². The van der Waals surface area contributed by atoms with Crippen LogP contribution in [0.25, 0.3) is 22.0 Å². The van der Waals surface area contributed by atoms with Crippen LogP contribution in [0.2, 0.25) is 0 Å². The van der Waals surface area contributed by atoms with Crippen LogP contribution in [0.15, 0.2) is 79.0 Å². The number of aryl methyl sites for hydroxylation is 2. The van der Waals surface area contributed by atoms with Crippen molar-refractivity contribution < 1.29 is 0 Å². The van der Waals surface area contributed by atoms with Crippen molar-refractivity contribution in [2.45, 2.75) is 53.1 Å². The second kappa shape index (κ2) is 10.1. The minimum Gasteiger partial charge on any atom is -0.292 e. The number of fused-ring (bicyclic) bond motifs is 1. The summed E-state index contributed by atoms with van der Waals surface area (Å²) in [4.78, 5) is 7.70. The van der Waals surface area contributed by atoms with Crippen LogP contribution in [0.4, 0.5) is 0 Å². The van der Waals surface area contributed by atoms with Crippen LogP contribution in [0.1, 0.15) is 55.0 Å². The highest BCUT2D eigenvalue weighted by Gasteiger charge is 2.23. The Hall–Kier alpha value is -2.97. The Labute approximate surface area is 192 Å². The van der Waals surface area contributed by atoms with Crippen LogP contribution >= 0.6 is 0 Å². The van der Waals surface area contributed by atoms with Gasteiger partial charge in [0.05, 0.1) is 5.69 Å². The molecule has 164 valence electrons. The molecule has 1 heterocycles. The van der Waals surface area contributed by atoms with E-state index < -0.39 is 0 Å². The molecule has 0 spiro atoms. The Bertz CT molecular complexity index is 1160. The maximum atomic E-state index is 5.10. The lowest BCUT2D eigenvalue weighted by Crippen LogP contribution is -2.28. The zero-order chi connectivity index (χ0) is 22.5. The van der Waals surface area contributed by atoms with Gasteiger partial charge in [0.2, 0.25) is 0 Å². The molecule has 1 unspecified atom stereocenters. The predicted molar refractivity (Wildman–Crippen MR) is 137 cm³/mol. The van der Waals surface area contributed by atoms with Gasteiger partial charge in [0.25, 0.3) is 0 Å². The average Bonchev–Trinajstić information content (AvgIpc) is 2.82. The Balaban J connectivity index is 1.84. The van der Waals surface area contributed by atoms with E-state index in [1.807, 2.05) is 0 Å². The summed E-state index contributed by atoms with van der Waals surface area (Å²) in [5, 5.41) is 2.57. The molecule has 0 amide bonds. The summed E-state index contributed by atoms with van der Waals surface area (Å²) >= 11 is 0. The fraction of sp³-hybridized carbons (Fsp3) is 0.300. The molecule has 0 radical (unpaired) electrons. The summed E-state index contributed by atoms with van der Waals surface area (Å²) in [5.74, 6) is 0. The Morgan fingerprint density at radius 1 is 0.781 bits per heavy atom. The quantitative estimate of drug-likeness (QED) is 0.287. The first-order valence-electron chi connectivity index (χ1n) is 11.9. The number of rotatable bonds is 8. The highest BCUT2D eigenvalue weighted by Crippen LogP contribution is 2.37. The number of benzene rings is 3. The average molecular weight is 423 g/mol. The normalized spacial score (nSPS) is 12.4. The zero-order valence-electron chi connectivity index (χ0n) is 19.8. The molecule has 3 aromatic carbocycles. The molecule has 32 heavy (non-hydrogen) atoms. The van der Waals surface area contributed by atoms with E-state index >= 15 is 0 Å². The number of hydrogen-bond acceptors (Lipinski definition) is 2. The lowest BCUT2D eigenvalue weighted by atomic mass is 9.91. The van der Waals surface area contributed by atoms with Crippen molar-refractivity contribution in [1.29, 1.82) is 0 Å². The monoisotopic (exact) mass is 422 g/mol. The third-order valence-electron chi connectivity index (χ3n) is 6.54. The summed E-state index contributed by atoms with van der Waals surface area (Å²) in [6.45, 7) is 10.9. The van der Waals surface area contributed by atoms with Gasteiger partial charge in [-0.15, -0.1) is 0 Å². The van der Waals surface area contributed by atoms with Crippen LogP contribution in [0, 0.1) is 13.8 Å². The zero-order valence-corrected chi connectivity index (χ0v) is 19.8. The third-order valence-corrected chi connectivity index (χ3v) is 6.54. The third kappa shape index (κ3) is 4.47. The number of nitrogens with zero attached hydrogens (tertiary/aromatic N) is 2. The van der Waals surface area contributed by atoms with Gasteiger partial charge in [0.15, 0.2) is 0 Å². The fourth-order valence-electron chi connectivity index (χ4n) is 4.94. The molecule has 4 aromatic rings. The lowest BCUT2D eigenvalue weighted by molar-refractivity contribution is 0.188. The van der Waals surface area contributed by atoms with E-state index in [1.54, 1.807) is 0 Å². The van der Waals surface area contributed by atoms with Crippen LogP contribution in [0.3, 0.4) is 0 Å². The Kier molecular flexibility index (Phi) is 7.02. The van der Waals surface area contributed by atoms with Crippen molar-refractivity contribution in [2.24, 2.45) is 0 Å². The Morgan fingerprint density at radius 2 is 1.44 bits per heavy atom. The van der Waals surface area contributed by atoms with E-state index in [0.29, 0.717) is 6.04 Å². The first kappa shape index (κ1) is 22.2. The summed E-state index contributed by atoms with van der Waals surface area (Å²) in [6, 6.07) is 26.5. The summed E-state index contributed by atoms with van der Waals surface area (Å²) < 4.78 is 0. The second-order valence-electron chi connectivity index (χ2n) is 8.73. The molecule has 2 heteroatoms. The van der Waals surface area contributed by atoms with Crippen molar-refractivity contribution in [2.75, 3.05) is 6.54 Å². The van der Waals surface area contributed by atoms with Crippen molar-refractivity contribution in [3.8, 4) is 11.3 Å². The van der Waals surface area contributed by atoms with E-state index in [4.69, 9.17) is 4.98 Å². The highest BCUT2D eigenvalue weighted by molar-refractivity contribution is 5.97. The molecule has 0 aliphatic rings. The molecule has 0 bridgehead atoms. The number of hydrogen-bond donors (Lipinski definition) is 0. The van der Waals surface area contributed by atoms with Crippen molar-refractivity contribution >= 4 is 10.8 Å². The molecule has 4 rings (SSSR count). The topological polar surface area (TPSA) is 16.1 Å². The molecule has 1 atom stereocenters. The summed E-state index contributed by atoms with van der Waals surface area (Å²) in [7, 11) is 0. The van der Waals surface area contributed by atoms with Gasteiger partial charge < -0.3 is 0 Å². The van der Waals surface area contributed by atoms with Gasteiger partial charge in [-0.1, -0.05) is 93.1 Å². The molecule has 2 nitrogen and oxygen atoms in total. The standard InChI is InChI=1S/C30H34N2/c1-5-13-28(32(6-2)21-24-16-8-7-9-17-24)27-20-31-30(26-19-11-10-18-25(26)27)29-22(3)14-12-15-23(29)4/h7-12,14-20,28H,5-6,13,21H2,1-4H3. The van der Waals surface area contributed by atoms with Gasteiger partial charge >= 0.3 is 0 Å². The van der Waals surface area contributed by atoms with E-state index in [1.165, 1.54) is 38.6 Å². The lowest BCUT2D eigenvalue weighted by Gasteiger charge is -2.32. The predicted octanol–water partition coefficient (Wildman–Crippen LogP) is 7.88. The molecule has 1 aromatic heterocycles. The van der Waals surface area contributed by atoms with Crippen molar-refractivity contribution in [1.82, 2.24) is 9.88 Å². The van der Waals surface area contributed by atoms with Gasteiger partial charge in [0.1, 0.15) is 0 Å². The molecule has 0 saturated carbocycles. The highest BCUT2D eigenvalue weighted by atomic mass is 15.1. The number of pyridine rings is 1. The molecular weight excluding hydrogens is 388 g/mol. The minimum atomic E-state index is 0.342. The summed E-state index contributed by atoms with van der Waals surface area (Å²) in [5.41, 5.74) is 7.62. The second-order valence-corrected chi connectivity index (χ2v) is 8.73. The smallest absolute Gasteiger partial charge is 0.0785 e. The molecule has 0 fully saturated rings. The van der Waals surface area contributed by atoms with Crippen LogP contribution in [0.5, 0.6) is 0 Å². The molecular formula is C30H34N2. The van der Waals surface area contributed by atoms with Crippen molar-refractivity contribution in [3.63, 3.8) is 0 Å². The van der Waals surface area contributed by atoms with Crippen molar-refractivity contribution in [3.05, 3.63) is 101 Å². The van der Waals surface area contributed by atoms with Crippen LogP contribution in [-0.4, -0.2) is 16.4 Å². The van der Waals surface area contributed by atoms with E-state index in [2.05, 4.69) is 112 Å². The molecule has 0 aliphatic carbocycles. The fourth-order valence-corrected chi connectivity index (χ4v) is 4.94. The molecule has 0 saturated heterocycles. The van der Waals surface area contributed by atoms with E-state index in [9.17, 15) is 0 Å². The van der Waals surface area contributed by atoms with E-state index in [-0.39, 0.29) is 0 Å². The van der Waals surface area contributed by atoms with Gasteiger partial charge in [0, 0.05) is 29.7 Å². The SMILES string of the molecule is CCCC(c1cnc(-c2c(C)cccc2C)c2ccccc12)N(CC)Cc1ccccc1. The first-order valence-corrected chi connectivity index (χ1v) is 11.9. The van der Waals surface area contributed by atoms with Crippen LogP contribution < -0.4 is 0 Å². The van der Waals surface area contributed by atoms with Gasteiger partial charge in [-0.2, -0.15) is 0 Å². The van der Waals surface area contributed by atoms with Gasteiger partial charge in [-0.25, -0.2) is 0 Å². The first-order chi connectivity index (χ1) is 15.6. The van der Waals surface area contributed by atoms with Gasteiger partial charge in [-0.3, -0.25) is 9.88 Å². The number of aromatic nitrogens is 1. The Morgan fingerprint density at radius 3 is 2.09 bits per heavy atom. The molecule has 0 N–H and O–H groups in total. The molecule has 0 aliphatic heterocycles. The van der Waals surface area contributed by atoms with E-state index in [0.717, 1.165) is 31.6 Å².